The van der Waals surface area contributed by atoms with E-state index in [-0.39, 0.29) is 0 Å². The second-order valence-corrected chi connectivity index (χ2v) is 6.36. The molecule has 1 aromatic rings. The summed E-state index contributed by atoms with van der Waals surface area (Å²) in [5.41, 5.74) is 0.750. The minimum absolute atomic E-state index is 0.295. The van der Waals surface area contributed by atoms with E-state index >= 15 is 0 Å². The fourth-order valence-corrected chi connectivity index (χ4v) is 3.09. The van der Waals surface area contributed by atoms with Crippen molar-refractivity contribution in [2.45, 2.75) is 50.7 Å². The quantitative estimate of drug-likeness (QED) is 0.901. The lowest BCUT2D eigenvalue weighted by Gasteiger charge is -2.37. The van der Waals surface area contributed by atoms with Gasteiger partial charge in [0.15, 0.2) is 0 Å². The third kappa shape index (κ3) is 3.95. The van der Waals surface area contributed by atoms with Crippen LogP contribution in [0.4, 0.5) is 0 Å². The average molecular weight is 282 g/mol. The van der Waals surface area contributed by atoms with Gasteiger partial charge in [0.2, 0.25) is 0 Å². The molecule has 0 aliphatic heterocycles. The highest BCUT2D eigenvalue weighted by molar-refractivity contribution is 6.30. The van der Waals surface area contributed by atoms with Crippen molar-refractivity contribution in [1.82, 2.24) is 4.90 Å². The molecule has 1 unspecified atom stereocenters. The molecule has 1 saturated carbocycles. The molecule has 1 N–H and O–H groups in total. The molecule has 3 heteroatoms. The topological polar surface area (TPSA) is 23.5 Å². The number of rotatable bonds is 4. The highest BCUT2D eigenvalue weighted by Gasteiger charge is 2.31. The monoisotopic (exact) mass is 281 g/mol. The number of hydrogen-bond acceptors (Lipinski definition) is 2. The van der Waals surface area contributed by atoms with Crippen molar-refractivity contribution in [2.24, 2.45) is 0 Å². The minimum atomic E-state index is -0.492. The van der Waals surface area contributed by atoms with Gasteiger partial charge < -0.3 is 5.11 Å². The Hall–Kier alpha value is -0.570. The van der Waals surface area contributed by atoms with Gasteiger partial charge in [-0.25, -0.2) is 0 Å². The van der Waals surface area contributed by atoms with E-state index in [1.54, 1.807) is 0 Å². The zero-order chi connectivity index (χ0) is 13.9. The summed E-state index contributed by atoms with van der Waals surface area (Å²) in [6.45, 7) is 2.92. The molecule has 19 heavy (non-hydrogen) atoms. The first-order valence-corrected chi connectivity index (χ1v) is 7.56. The standard InChI is InChI=1S/C16H24ClNO/c1-13(14-6-8-15(17)9-7-14)18(2)12-16(19)10-4-3-5-11-16/h6-9,13,19H,3-5,10-12H2,1-2H3. The van der Waals surface area contributed by atoms with Crippen molar-refractivity contribution in [2.75, 3.05) is 13.6 Å². The summed E-state index contributed by atoms with van der Waals surface area (Å²) in [7, 11) is 2.09. The molecule has 2 nitrogen and oxygen atoms in total. The molecule has 1 atom stereocenters. The third-order valence-electron chi connectivity index (χ3n) is 4.34. The predicted molar refractivity (Wildman–Crippen MR) is 80.5 cm³/mol. The number of nitrogens with zero attached hydrogens (tertiary/aromatic N) is 1. The number of aliphatic hydroxyl groups is 1. The van der Waals surface area contributed by atoms with Crippen molar-refractivity contribution < 1.29 is 5.11 Å². The maximum Gasteiger partial charge on any atom is 0.0774 e. The van der Waals surface area contributed by atoms with Gasteiger partial charge in [0.1, 0.15) is 0 Å². The Balaban J connectivity index is 1.98. The van der Waals surface area contributed by atoms with Gasteiger partial charge in [-0.3, -0.25) is 4.90 Å². The van der Waals surface area contributed by atoms with Crippen molar-refractivity contribution in [3.63, 3.8) is 0 Å². The highest BCUT2D eigenvalue weighted by Crippen LogP contribution is 2.31. The Labute approximate surface area is 121 Å². The van der Waals surface area contributed by atoms with Crippen LogP contribution in [0.25, 0.3) is 0 Å². The van der Waals surface area contributed by atoms with Gasteiger partial charge in [-0.2, -0.15) is 0 Å². The molecular weight excluding hydrogens is 258 g/mol. The predicted octanol–water partition coefficient (Wildman–Crippen LogP) is 4.03. The zero-order valence-corrected chi connectivity index (χ0v) is 12.7. The number of hydrogen-bond donors (Lipinski definition) is 1. The summed E-state index contributed by atoms with van der Waals surface area (Å²) in [6, 6.07) is 8.28. The maximum atomic E-state index is 10.6. The van der Waals surface area contributed by atoms with E-state index in [9.17, 15) is 5.11 Å². The molecule has 0 amide bonds. The van der Waals surface area contributed by atoms with Crippen molar-refractivity contribution in [3.8, 4) is 0 Å². The molecule has 0 radical (unpaired) electrons. The summed E-state index contributed by atoms with van der Waals surface area (Å²) in [4.78, 5) is 2.24. The summed E-state index contributed by atoms with van der Waals surface area (Å²) in [5.74, 6) is 0. The van der Waals surface area contributed by atoms with E-state index in [4.69, 9.17) is 11.6 Å². The molecule has 106 valence electrons. The number of likely N-dealkylation sites (N-methyl/N-ethyl adjacent to an activating group) is 1. The van der Waals surface area contributed by atoms with Gasteiger partial charge in [0, 0.05) is 17.6 Å². The van der Waals surface area contributed by atoms with Crippen LogP contribution in [0.3, 0.4) is 0 Å². The Morgan fingerprint density at radius 3 is 2.37 bits per heavy atom. The van der Waals surface area contributed by atoms with Gasteiger partial charge in [-0.05, 0) is 44.5 Å². The van der Waals surface area contributed by atoms with E-state index in [1.165, 1.54) is 12.0 Å². The van der Waals surface area contributed by atoms with E-state index in [1.807, 2.05) is 12.1 Å². The lowest BCUT2D eigenvalue weighted by atomic mass is 9.84. The average Bonchev–Trinajstić information content (AvgIpc) is 2.39. The minimum Gasteiger partial charge on any atom is -0.389 e. The molecule has 1 aromatic carbocycles. The van der Waals surface area contributed by atoms with Crippen LogP contribution in [0.15, 0.2) is 24.3 Å². The molecular formula is C16H24ClNO. The molecule has 1 aliphatic carbocycles. The third-order valence-corrected chi connectivity index (χ3v) is 4.59. The van der Waals surface area contributed by atoms with Crippen LogP contribution in [0.2, 0.25) is 5.02 Å². The summed E-state index contributed by atoms with van der Waals surface area (Å²) in [5, 5.41) is 11.4. The fraction of sp³-hybridized carbons (Fsp3) is 0.625. The zero-order valence-electron chi connectivity index (χ0n) is 11.9. The van der Waals surface area contributed by atoms with Gasteiger partial charge >= 0.3 is 0 Å². The number of halogens is 1. The normalized spacial score (nSPS) is 20.5. The lowest BCUT2D eigenvalue weighted by Crippen LogP contribution is -2.43. The van der Waals surface area contributed by atoms with Crippen LogP contribution in [-0.2, 0) is 0 Å². The molecule has 0 bridgehead atoms. The second-order valence-electron chi connectivity index (χ2n) is 5.93. The Morgan fingerprint density at radius 2 is 1.79 bits per heavy atom. The number of benzene rings is 1. The molecule has 2 rings (SSSR count). The molecule has 0 saturated heterocycles. The summed E-state index contributed by atoms with van der Waals surface area (Å²) in [6.07, 6.45) is 5.44. The first kappa shape index (κ1) is 14.8. The lowest BCUT2D eigenvalue weighted by molar-refractivity contribution is -0.0280. The van der Waals surface area contributed by atoms with Crippen LogP contribution in [0.5, 0.6) is 0 Å². The van der Waals surface area contributed by atoms with E-state index in [0.717, 1.165) is 37.3 Å². The van der Waals surface area contributed by atoms with Gasteiger partial charge in [-0.1, -0.05) is 43.0 Å². The van der Waals surface area contributed by atoms with Crippen LogP contribution in [-0.4, -0.2) is 29.2 Å². The molecule has 0 spiro atoms. The molecule has 0 heterocycles. The van der Waals surface area contributed by atoms with Crippen LogP contribution >= 0.6 is 11.6 Å². The first-order chi connectivity index (χ1) is 9.00. The van der Waals surface area contributed by atoms with Crippen molar-refractivity contribution >= 4 is 11.6 Å². The molecule has 1 aliphatic rings. The highest BCUT2D eigenvalue weighted by atomic mass is 35.5. The molecule has 0 aromatic heterocycles. The van der Waals surface area contributed by atoms with Gasteiger partial charge in [0.25, 0.3) is 0 Å². The van der Waals surface area contributed by atoms with Crippen LogP contribution in [0.1, 0.15) is 50.6 Å². The SMILES string of the molecule is CC(c1ccc(Cl)cc1)N(C)CC1(O)CCCCC1. The second kappa shape index (κ2) is 6.25. The molecule has 1 fully saturated rings. The van der Waals surface area contributed by atoms with Crippen molar-refractivity contribution in [3.05, 3.63) is 34.9 Å². The summed E-state index contributed by atoms with van der Waals surface area (Å²) >= 11 is 5.92. The first-order valence-electron chi connectivity index (χ1n) is 7.18. The Bertz CT molecular complexity index is 398. The van der Waals surface area contributed by atoms with Gasteiger partial charge in [-0.15, -0.1) is 0 Å². The largest absolute Gasteiger partial charge is 0.389 e. The van der Waals surface area contributed by atoms with E-state index in [2.05, 4.69) is 31.0 Å². The van der Waals surface area contributed by atoms with E-state index in [0.29, 0.717) is 6.04 Å². The van der Waals surface area contributed by atoms with Crippen LogP contribution in [0, 0.1) is 0 Å². The Kier molecular flexibility index (Phi) is 4.88. The fourth-order valence-electron chi connectivity index (χ4n) is 2.96. The van der Waals surface area contributed by atoms with Gasteiger partial charge in [0.05, 0.1) is 5.60 Å². The van der Waals surface area contributed by atoms with Crippen molar-refractivity contribution in [1.29, 1.82) is 0 Å². The summed E-state index contributed by atoms with van der Waals surface area (Å²) < 4.78 is 0. The van der Waals surface area contributed by atoms with Crippen LogP contribution < -0.4 is 0 Å². The van der Waals surface area contributed by atoms with E-state index < -0.39 is 5.60 Å². The smallest absolute Gasteiger partial charge is 0.0774 e. The maximum absolute atomic E-state index is 10.6. The Morgan fingerprint density at radius 1 is 1.21 bits per heavy atom.